The minimum Gasteiger partial charge on any atom is -0.403 e. The SMILES string of the molecule is CC1(C)OB(C2(B3OC(C)(C)C(C)(C)O3)C[C@H]2c2ccccc2)OC1(C)C. The zero-order valence-corrected chi connectivity index (χ0v) is 18.0. The van der Waals surface area contributed by atoms with Gasteiger partial charge >= 0.3 is 14.2 Å². The van der Waals surface area contributed by atoms with Crippen molar-refractivity contribution in [1.29, 1.82) is 0 Å². The average molecular weight is 370 g/mol. The molecular weight excluding hydrogens is 338 g/mol. The first kappa shape index (κ1) is 19.5. The van der Waals surface area contributed by atoms with Gasteiger partial charge in [-0.05, 0) is 73.3 Å². The fourth-order valence-corrected chi connectivity index (χ4v) is 4.17. The van der Waals surface area contributed by atoms with Crippen LogP contribution in [0.25, 0.3) is 0 Å². The molecule has 27 heavy (non-hydrogen) atoms. The van der Waals surface area contributed by atoms with Gasteiger partial charge in [0.1, 0.15) is 0 Å². The lowest BCUT2D eigenvalue weighted by molar-refractivity contribution is 0.00578. The van der Waals surface area contributed by atoms with Crippen molar-refractivity contribution in [1.82, 2.24) is 0 Å². The Kier molecular flexibility index (Phi) is 4.06. The van der Waals surface area contributed by atoms with Gasteiger partial charge in [-0.2, -0.15) is 0 Å². The summed E-state index contributed by atoms with van der Waals surface area (Å²) in [5, 5.41) is -0.336. The standard InChI is InChI=1S/C21H32B2O4/c1-17(2)18(3,4)25-22(24-17)21(14-16(21)15-12-10-9-11-13-15)23-26-19(5,6)20(7,8)27-23/h9-13,16H,14H2,1-8H3/t16-/m0/s1. The molecule has 2 aliphatic heterocycles. The topological polar surface area (TPSA) is 36.9 Å². The molecule has 1 saturated carbocycles. The molecule has 1 atom stereocenters. The van der Waals surface area contributed by atoms with Gasteiger partial charge in [-0.15, -0.1) is 0 Å². The molecule has 0 N–H and O–H groups in total. The molecule has 0 bridgehead atoms. The average Bonchev–Trinajstić information content (AvgIpc) is 3.19. The monoisotopic (exact) mass is 370 g/mol. The minimum atomic E-state index is -0.377. The summed E-state index contributed by atoms with van der Waals surface area (Å²) in [7, 11) is -0.718. The lowest BCUT2D eigenvalue weighted by atomic mass is 9.46. The van der Waals surface area contributed by atoms with Crippen molar-refractivity contribution >= 4 is 14.2 Å². The van der Waals surface area contributed by atoms with Gasteiger partial charge in [0.15, 0.2) is 0 Å². The largest absolute Gasteiger partial charge is 0.462 e. The van der Waals surface area contributed by atoms with E-state index in [1.165, 1.54) is 5.56 Å². The van der Waals surface area contributed by atoms with Gasteiger partial charge < -0.3 is 18.6 Å². The third-order valence-electron chi connectivity index (χ3n) is 7.63. The highest BCUT2D eigenvalue weighted by Crippen LogP contribution is 2.73. The van der Waals surface area contributed by atoms with Crippen molar-refractivity contribution < 1.29 is 18.6 Å². The highest BCUT2D eigenvalue weighted by Gasteiger charge is 2.78. The lowest BCUT2D eigenvalue weighted by Crippen LogP contribution is -2.41. The molecule has 0 amide bonds. The van der Waals surface area contributed by atoms with Crippen molar-refractivity contribution in [3.63, 3.8) is 0 Å². The van der Waals surface area contributed by atoms with E-state index in [2.05, 4.69) is 85.7 Å². The summed E-state index contributed by atoms with van der Waals surface area (Å²) in [5.74, 6) is 0.295. The Labute approximate surface area is 164 Å². The van der Waals surface area contributed by atoms with Gasteiger partial charge in [-0.25, -0.2) is 0 Å². The van der Waals surface area contributed by atoms with Crippen LogP contribution >= 0.6 is 0 Å². The van der Waals surface area contributed by atoms with Crippen molar-refractivity contribution in [3.8, 4) is 0 Å². The van der Waals surface area contributed by atoms with Gasteiger partial charge in [-0.1, -0.05) is 30.3 Å². The predicted octanol–water partition coefficient (Wildman–Crippen LogP) is 4.64. The molecule has 3 aliphatic rings. The van der Waals surface area contributed by atoms with Gasteiger partial charge in [-0.3, -0.25) is 0 Å². The first-order valence-electron chi connectivity index (χ1n) is 10.1. The molecule has 1 aliphatic carbocycles. The predicted molar refractivity (Wildman–Crippen MR) is 109 cm³/mol. The summed E-state index contributed by atoms with van der Waals surface area (Å²) in [4.78, 5) is 0. The molecule has 2 heterocycles. The molecular formula is C21H32B2O4. The molecule has 2 saturated heterocycles. The van der Waals surface area contributed by atoms with E-state index in [1.807, 2.05) is 0 Å². The fraction of sp³-hybridized carbons (Fsp3) is 0.714. The van der Waals surface area contributed by atoms with Gasteiger partial charge in [0, 0.05) is 5.21 Å². The molecule has 1 aromatic carbocycles. The second-order valence-corrected chi connectivity index (χ2v) is 10.5. The number of rotatable bonds is 3. The summed E-state index contributed by atoms with van der Waals surface area (Å²) in [6.07, 6.45) is 0.935. The lowest BCUT2D eigenvalue weighted by Gasteiger charge is -2.32. The highest BCUT2D eigenvalue weighted by atomic mass is 16.7. The van der Waals surface area contributed by atoms with Crippen molar-refractivity contribution in [3.05, 3.63) is 35.9 Å². The summed E-state index contributed by atoms with van der Waals surface area (Å²) >= 11 is 0. The van der Waals surface area contributed by atoms with E-state index in [1.54, 1.807) is 0 Å². The summed E-state index contributed by atoms with van der Waals surface area (Å²) < 4.78 is 26.0. The van der Waals surface area contributed by atoms with E-state index >= 15 is 0 Å². The molecule has 0 unspecified atom stereocenters. The molecule has 0 radical (unpaired) electrons. The zero-order chi connectivity index (χ0) is 19.9. The molecule has 0 aromatic heterocycles. The van der Waals surface area contributed by atoms with E-state index < -0.39 is 0 Å². The maximum atomic E-state index is 6.51. The summed E-state index contributed by atoms with van der Waals surface area (Å²) in [6, 6.07) is 10.6. The Morgan fingerprint density at radius 2 is 1.04 bits per heavy atom. The van der Waals surface area contributed by atoms with Crippen molar-refractivity contribution in [2.45, 2.75) is 95.3 Å². The van der Waals surface area contributed by atoms with Crippen LogP contribution < -0.4 is 0 Å². The molecule has 3 fully saturated rings. The van der Waals surface area contributed by atoms with Crippen LogP contribution in [0.1, 0.15) is 73.3 Å². The number of benzene rings is 1. The van der Waals surface area contributed by atoms with Crippen LogP contribution in [0.4, 0.5) is 0 Å². The smallest absolute Gasteiger partial charge is 0.403 e. The number of hydrogen-bond acceptors (Lipinski definition) is 4. The van der Waals surface area contributed by atoms with Crippen molar-refractivity contribution in [2.24, 2.45) is 0 Å². The molecule has 4 rings (SSSR count). The Bertz CT molecular complexity index is 661. The Balaban J connectivity index is 1.71. The highest BCUT2D eigenvalue weighted by molar-refractivity contribution is 6.73. The van der Waals surface area contributed by atoms with Crippen LogP contribution in [0.5, 0.6) is 0 Å². The fourth-order valence-electron chi connectivity index (χ4n) is 4.17. The molecule has 6 heteroatoms. The molecule has 1 aromatic rings. The second kappa shape index (κ2) is 5.63. The summed E-state index contributed by atoms with van der Waals surface area (Å²) in [6.45, 7) is 16.8. The van der Waals surface area contributed by atoms with Crippen LogP contribution in [0, 0.1) is 0 Å². The van der Waals surface area contributed by atoms with E-state index in [4.69, 9.17) is 18.6 Å². The zero-order valence-electron chi connectivity index (χ0n) is 18.0. The van der Waals surface area contributed by atoms with Crippen LogP contribution in [-0.2, 0) is 18.6 Å². The first-order chi connectivity index (χ1) is 12.3. The third kappa shape index (κ3) is 2.75. The Morgan fingerprint density at radius 3 is 1.41 bits per heavy atom. The van der Waals surface area contributed by atoms with E-state index in [-0.39, 0.29) is 41.9 Å². The van der Waals surface area contributed by atoms with Gasteiger partial charge in [0.2, 0.25) is 0 Å². The van der Waals surface area contributed by atoms with Crippen molar-refractivity contribution in [2.75, 3.05) is 0 Å². The van der Waals surface area contributed by atoms with Gasteiger partial charge in [0.05, 0.1) is 22.4 Å². The number of hydrogen-bond donors (Lipinski definition) is 0. The third-order valence-corrected chi connectivity index (χ3v) is 7.63. The minimum absolute atomic E-state index is 0.295. The quantitative estimate of drug-likeness (QED) is 0.727. The van der Waals surface area contributed by atoms with Crippen LogP contribution in [0.2, 0.25) is 5.21 Å². The Hall–Kier alpha value is -0.810. The second-order valence-electron chi connectivity index (χ2n) is 10.5. The maximum absolute atomic E-state index is 6.51. The molecule has 0 spiro atoms. The first-order valence-corrected chi connectivity index (χ1v) is 10.1. The summed E-state index contributed by atoms with van der Waals surface area (Å²) in [5.41, 5.74) is -0.214. The maximum Gasteiger partial charge on any atom is 0.462 e. The van der Waals surface area contributed by atoms with E-state index in [0.717, 1.165) is 6.42 Å². The van der Waals surface area contributed by atoms with Gasteiger partial charge in [0.25, 0.3) is 0 Å². The molecule has 146 valence electrons. The molecule has 4 nitrogen and oxygen atoms in total. The van der Waals surface area contributed by atoms with Crippen LogP contribution in [-0.4, -0.2) is 36.6 Å². The van der Waals surface area contributed by atoms with E-state index in [9.17, 15) is 0 Å². The van der Waals surface area contributed by atoms with Crippen LogP contribution in [0.3, 0.4) is 0 Å². The van der Waals surface area contributed by atoms with E-state index in [0.29, 0.717) is 5.92 Å². The Morgan fingerprint density at radius 1 is 0.667 bits per heavy atom. The normalized spacial score (nSPS) is 31.9. The van der Waals surface area contributed by atoms with Crippen LogP contribution in [0.15, 0.2) is 30.3 Å².